The van der Waals surface area contributed by atoms with Gasteiger partial charge in [-0.2, -0.15) is 10.4 Å². The van der Waals surface area contributed by atoms with Gasteiger partial charge in [-0.15, -0.1) is 5.11 Å². The third kappa shape index (κ3) is 4.59. The van der Waals surface area contributed by atoms with Crippen LogP contribution < -0.4 is 5.56 Å². The van der Waals surface area contributed by atoms with E-state index in [9.17, 15) is 25.3 Å². The number of rotatable bonds is 8. The molecule has 0 saturated carbocycles. The molecule has 146 valence electrons. The van der Waals surface area contributed by atoms with Crippen molar-refractivity contribution in [3.63, 3.8) is 0 Å². The first-order valence-corrected chi connectivity index (χ1v) is 8.93. The van der Waals surface area contributed by atoms with E-state index in [1.165, 1.54) is 31.2 Å². The van der Waals surface area contributed by atoms with Crippen molar-refractivity contribution in [1.29, 1.82) is 5.26 Å². The molecule has 0 saturated heterocycles. The normalized spacial score (nSPS) is 10.9. The van der Waals surface area contributed by atoms with Crippen LogP contribution in [0.2, 0.25) is 0 Å². The molecule has 2 rings (SSSR count). The number of hydrogen-bond acceptors (Lipinski definition) is 7. The second kappa shape index (κ2) is 9.41. The van der Waals surface area contributed by atoms with Gasteiger partial charge in [0.25, 0.3) is 11.2 Å². The monoisotopic (exact) mass is 383 g/mol. The van der Waals surface area contributed by atoms with Gasteiger partial charge in [0.1, 0.15) is 11.6 Å². The van der Waals surface area contributed by atoms with E-state index in [1.807, 2.05) is 6.07 Å². The number of unbranched alkanes of at least 4 members (excludes halogenated alkanes) is 3. The number of pyridine rings is 1. The number of hydrogen-bond donors (Lipinski definition) is 1. The number of nitro benzene ring substituents is 1. The van der Waals surface area contributed by atoms with Crippen molar-refractivity contribution in [1.82, 2.24) is 4.57 Å². The van der Waals surface area contributed by atoms with Crippen molar-refractivity contribution >= 4 is 17.1 Å². The standard InChI is InChI=1S/C19H21N5O4/c1-3-4-5-6-11-23-18(25)16(12-20)13(2)17(19(23)26)22-21-14-7-9-15(10-8-14)24(27)28/h7-10,26H,3-6,11H2,1-2H3/b22-21+. The minimum atomic E-state index is -0.553. The van der Waals surface area contributed by atoms with E-state index in [2.05, 4.69) is 17.2 Å². The Kier molecular flexibility index (Phi) is 6.98. The summed E-state index contributed by atoms with van der Waals surface area (Å²) in [5.74, 6) is -0.344. The molecule has 0 radical (unpaired) electrons. The average Bonchev–Trinajstić information content (AvgIpc) is 2.68. The van der Waals surface area contributed by atoms with Gasteiger partial charge in [0.05, 0.1) is 10.6 Å². The van der Waals surface area contributed by atoms with E-state index < -0.39 is 10.5 Å². The van der Waals surface area contributed by atoms with Crippen LogP contribution in [0.25, 0.3) is 0 Å². The van der Waals surface area contributed by atoms with Crippen LogP contribution in [0, 0.1) is 28.4 Å². The van der Waals surface area contributed by atoms with E-state index in [4.69, 9.17) is 0 Å². The molecule has 0 fully saturated rings. The van der Waals surface area contributed by atoms with E-state index in [0.717, 1.165) is 23.8 Å². The summed E-state index contributed by atoms with van der Waals surface area (Å²) in [4.78, 5) is 22.7. The highest BCUT2D eigenvalue weighted by atomic mass is 16.6. The summed E-state index contributed by atoms with van der Waals surface area (Å²) in [5, 5.41) is 38.5. The zero-order valence-corrected chi connectivity index (χ0v) is 15.8. The number of nitrogens with zero attached hydrogens (tertiary/aromatic N) is 5. The molecule has 0 spiro atoms. The minimum absolute atomic E-state index is 0.0324. The number of nitro groups is 1. The van der Waals surface area contributed by atoms with Gasteiger partial charge in [0, 0.05) is 24.2 Å². The second-order valence-electron chi connectivity index (χ2n) is 6.27. The molecule has 9 heteroatoms. The lowest BCUT2D eigenvalue weighted by atomic mass is 10.1. The fourth-order valence-corrected chi connectivity index (χ4v) is 2.71. The number of non-ortho nitro benzene ring substituents is 1. The van der Waals surface area contributed by atoms with Crippen LogP contribution in [0.5, 0.6) is 5.88 Å². The summed E-state index contributed by atoms with van der Waals surface area (Å²) in [5.41, 5.74) is -0.117. The van der Waals surface area contributed by atoms with Crippen LogP contribution in [-0.4, -0.2) is 14.6 Å². The first-order chi connectivity index (χ1) is 13.4. The Labute approximate surface area is 161 Å². The van der Waals surface area contributed by atoms with Gasteiger partial charge >= 0.3 is 0 Å². The lowest BCUT2D eigenvalue weighted by Crippen LogP contribution is -2.24. The van der Waals surface area contributed by atoms with Crippen molar-refractivity contribution in [3.8, 4) is 11.9 Å². The fraction of sp³-hybridized carbons (Fsp3) is 0.368. The first kappa shape index (κ1) is 20.8. The van der Waals surface area contributed by atoms with E-state index in [0.29, 0.717) is 12.1 Å². The molecule has 0 amide bonds. The third-order valence-corrected chi connectivity index (χ3v) is 4.33. The molecule has 0 bridgehead atoms. The molecule has 1 heterocycles. The number of azo groups is 1. The average molecular weight is 383 g/mol. The molecule has 0 unspecified atom stereocenters. The molecule has 0 aliphatic heterocycles. The van der Waals surface area contributed by atoms with Crippen LogP contribution in [0.3, 0.4) is 0 Å². The van der Waals surface area contributed by atoms with Gasteiger partial charge in [-0.3, -0.25) is 19.5 Å². The number of aromatic hydroxyl groups is 1. The maximum atomic E-state index is 12.5. The Balaban J connectivity index is 2.40. The summed E-state index contributed by atoms with van der Waals surface area (Å²) in [7, 11) is 0. The molecule has 1 aromatic carbocycles. The predicted octanol–water partition coefficient (Wildman–Crippen LogP) is 4.64. The molecule has 1 N–H and O–H groups in total. The van der Waals surface area contributed by atoms with Crippen LogP contribution in [0.4, 0.5) is 17.1 Å². The molecule has 2 aromatic rings. The molecule has 0 atom stereocenters. The molecule has 1 aromatic heterocycles. The molecular formula is C19H21N5O4. The van der Waals surface area contributed by atoms with E-state index in [1.54, 1.807) is 0 Å². The predicted molar refractivity (Wildman–Crippen MR) is 103 cm³/mol. The number of benzene rings is 1. The van der Waals surface area contributed by atoms with Gasteiger partial charge < -0.3 is 5.11 Å². The maximum absolute atomic E-state index is 12.5. The van der Waals surface area contributed by atoms with Gasteiger partial charge in [-0.05, 0) is 25.5 Å². The van der Waals surface area contributed by atoms with Crippen molar-refractivity contribution in [3.05, 3.63) is 55.9 Å². The summed E-state index contributed by atoms with van der Waals surface area (Å²) in [6.07, 6.45) is 3.64. The number of nitriles is 1. The Bertz CT molecular complexity index is 987. The molecule has 28 heavy (non-hydrogen) atoms. The van der Waals surface area contributed by atoms with Gasteiger partial charge in [-0.25, -0.2) is 0 Å². The Morgan fingerprint density at radius 1 is 1.21 bits per heavy atom. The molecule has 0 aliphatic rings. The lowest BCUT2D eigenvalue weighted by molar-refractivity contribution is -0.384. The number of aromatic nitrogens is 1. The Hall–Kier alpha value is -3.54. The smallest absolute Gasteiger partial charge is 0.271 e. The maximum Gasteiger partial charge on any atom is 0.271 e. The quantitative estimate of drug-likeness (QED) is 0.307. The van der Waals surface area contributed by atoms with Crippen molar-refractivity contribution in [2.45, 2.75) is 46.1 Å². The summed E-state index contributed by atoms with van der Waals surface area (Å²) >= 11 is 0. The van der Waals surface area contributed by atoms with E-state index >= 15 is 0 Å². The largest absolute Gasteiger partial charge is 0.493 e. The van der Waals surface area contributed by atoms with E-state index in [-0.39, 0.29) is 34.9 Å². The zero-order chi connectivity index (χ0) is 20.7. The van der Waals surface area contributed by atoms with Gasteiger partial charge in [0.2, 0.25) is 5.88 Å². The zero-order valence-electron chi connectivity index (χ0n) is 15.8. The lowest BCUT2D eigenvalue weighted by Gasteiger charge is -2.13. The third-order valence-electron chi connectivity index (χ3n) is 4.33. The first-order valence-electron chi connectivity index (χ1n) is 8.93. The molecule has 9 nitrogen and oxygen atoms in total. The van der Waals surface area contributed by atoms with Crippen molar-refractivity contribution in [2.75, 3.05) is 0 Å². The minimum Gasteiger partial charge on any atom is -0.493 e. The highest BCUT2D eigenvalue weighted by Gasteiger charge is 2.19. The summed E-state index contributed by atoms with van der Waals surface area (Å²) in [6, 6.07) is 7.28. The van der Waals surface area contributed by atoms with Crippen LogP contribution in [-0.2, 0) is 6.54 Å². The van der Waals surface area contributed by atoms with Crippen LogP contribution in [0.1, 0.15) is 43.7 Å². The van der Waals surface area contributed by atoms with Crippen molar-refractivity contribution in [2.24, 2.45) is 10.2 Å². The summed E-state index contributed by atoms with van der Waals surface area (Å²) < 4.78 is 1.14. The molecule has 0 aliphatic carbocycles. The highest BCUT2D eigenvalue weighted by molar-refractivity contribution is 5.59. The van der Waals surface area contributed by atoms with Gasteiger partial charge in [-0.1, -0.05) is 26.2 Å². The highest BCUT2D eigenvalue weighted by Crippen LogP contribution is 2.32. The second-order valence-corrected chi connectivity index (χ2v) is 6.27. The topological polar surface area (TPSA) is 134 Å². The van der Waals surface area contributed by atoms with Crippen LogP contribution >= 0.6 is 0 Å². The van der Waals surface area contributed by atoms with Crippen molar-refractivity contribution < 1.29 is 10.0 Å². The SMILES string of the molecule is CCCCCCn1c(O)c(/N=N/c2ccc([N+](=O)[O-])cc2)c(C)c(C#N)c1=O. The fourth-order valence-electron chi connectivity index (χ4n) is 2.71. The van der Waals surface area contributed by atoms with Gasteiger partial charge in [0.15, 0.2) is 5.69 Å². The molecular weight excluding hydrogens is 362 g/mol. The summed E-state index contributed by atoms with van der Waals surface area (Å²) in [6.45, 7) is 3.87. The Morgan fingerprint density at radius 2 is 1.89 bits per heavy atom. The Morgan fingerprint density at radius 3 is 2.46 bits per heavy atom. The van der Waals surface area contributed by atoms with Crippen LogP contribution in [0.15, 0.2) is 39.3 Å².